The van der Waals surface area contributed by atoms with Crippen LogP contribution in [0.3, 0.4) is 0 Å². The fraction of sp³-hybridized carbons (Fsp3) is 0.133. The molecule has 0 spiro atoms. The third-order valence-electron chi connectivity index (χ3n) is 3.49. The van der Waals surface area contributed by atoms with Gasteiger partial charge in [0, 0.05) is 11.5 Å². The van der Waals surface area contributed by atoms with Gasteiger partial charge in [0.25, 0.3) is 5.56 Å². The number of H-pyrrole nitrogens is 1. The van der Waals surface area contributed by atoms with Crippen molar-refractivity contribution >= 4 is 16.7 Å². The summed E-state index contributed by atoms with van der Waals surface area (Å²) in [6.07, 6.45) is 0. The number of aryl methyl sites for hydroxylation is 2. The molecule has 6 heteroatoms. The van der Waals surface area contributed by atoms with Gasteiger partial charge in [-0.05, 0) is 25.5 Å². The van der Waals surface area contributed by atoms with Crippen LogP contribution in [0.5, 0.6) is 0 Å². The number of aromatic nitrogens is 3. The number of anilines is 1. The number of nitrogens with zero attached hydrogens (tertiary/aromatic N) is 3. The van der Waals surface area contributed by atoms with Crippen LogP contribution in [-0.2, 0) is 0 Å². The molecule has 0 saturated carbocycles. The quantitative estimate of drug-likeness (QED) is 0.709. The van der Waals surface area contributed by atoms with E-state index in [0.29, 0.717) is 22.5 Å². The first-order valence-corrected chi connectivity index (χ1v) is 6.41. The molecule has 0 radical (unpaired) electrons. The monoisotopic (exact) mass is 279 g/mol. The molecule has 0 aliphatic rings. The summed E-state index contributed by atoms with van der Waals surface area (Å²) in [5.41, 5.74) is 8.91. The summed E-state index contributed by atoms with van der Waals surface area (Å²) in [6.45, 7) is 3.66. The van der Waals surface area contributed by atoms with Crippen LogP contribution in [0.2, 0.25) is 0 Å². The molecule has 0 fully saturated rings. The van der Waals surface area contributed by atoms with Gasteiger partial charge in [0.2, 0.25) is 0 Å². The Morgan fingerprint density at radius 1 is 1.38 bits per heavy atom. The molecular formula is C15H13N5O. The maximum Gasteiger partial charge on any atom is 0.250 e. The number of nitrogens with one attached hydrogen (secondary N) is 1. The highest BCUT2D eigenvalue weighted by Crippen LogP contribution is 2.26. The van der Waals surface area contributed by atoms with Crippen molar-refractivity contribution in [2.24, 2.45) is 0 Å². The maximum absolute atomic E-state index is 11.9. The molecule has 0 saturated heterocycles. The van der Waals surface area contributed by atoms with Crippen molar-refractivity contribution in [3.63, 3.8) is 0 Å². The molecule has 0 aliphatic heterocycles. The molecule has 104 valence electrons. The van der Waals surface area contributed by atoms with Gasteiger partial charge in [-0.15, -0.1) is 0 Å². The molecule has 21 heavy (non-hydrogen) atoms. The molecule has 0 amide bonds. The van der Waals surface area contributed by atoms with Crippen molar-refractivity contribution in [1.82, 2.24) is 14.8 Å². The Kier molecular flexibility index (Phi) is 2.77. The van der Waals surface area contributed by atoms with Crippen LogP contribution >= 0.6 is 0 Å². The molecule has 0 atom stereocenters. The second kappa shape index (κ2) is 4.49. The molecule has 6 nitrogen and oxygen atoms in total. The molecular weight excluding hydrogens is 266 g/mol. The lowest BCUT2D eigenvalue weighted by atomic mass is 10.1. The third-order valence-corrected chi connectivity index (χ3v) is 3.49. The zero-order valence-electron chi connectivity index (χ0n) is 11.6. The average Bonchev–Trinajstić information content (AvgIpc) is 2.72. The predicted octanol–water partition coefficient (Wildman–Crippen LogP) is 1.78. The molecule has 3 aromatic rings. The smallest absolute Gasteiger partial charge is 0.250 e. The van der Waals surface area contributed by atoms with Crippen LogP contribution in [-0.4, -0.2) is 14.8 Å². The maximum atomic E-state index is 11.9. The zero-order chi connectivity index (χ0) is 15.1. The van der Waals surface area contributed by atoms with Gasteiger partial charge in [-0.1, -0.05) is 12.1 Å². The summed E-state index contributed by atoms with van der Waals surface area (Å²) >= 11 is 0. The minimum Gasteiger partial charge on any atom is -0.382 e. The van der Waals surface area contributed by atoms with Crippen LogP contribution in [0.4, 0.5) is 5.82 Å². The van der Waals surface area contributed by atoms with Crippen LogP contribution in [0, 0.1) is 25.2 Å². The van der Waals surface area contributed by atoms with Crippen LogP contribution in [0.25, 0.3) is 16.6 Å². The highest BCUT2D eigenvalue weighted by molar-refractivity contribution is 5.90. The lowest BCUT2D eigenvalue weighted by Crippen LogP contribution is -2.11. The average molecular weight is 279 g/mol. The van der Waals surface area contributed by atoms with Gasteiger partial charge in [-0.2, -0.15) is 10.4 Å². The Morgan fingerprint density at radius 2 is 2.14 bits per heavy atom. The van der Waals surface area contributed by atoms with Gasteiger partial charge in [0.15, 0.2) is 0 Å². The number of nitriles is 1. The summed E-state index contributed by atoms with van der Waals surface area (Å²) in [4.78, 5) is 14.7. The molecule has 2 heterocycles. The molecule has 0 unspecified atom stereocenters. The molecule has 3 rings (SSSR count). The number of hydrogen-bond acceptors (Lipinski definition) is 4. The molecule has 1 aromatic carbocycles. The summed E-state index contributed by atoms with van der Waals surface area (Å²) in [5, 5.41) is 14.3. The Balaban J connectivity index is 2.46. The summed E-state index contributed by atoms with van der Waals surface area (Å²) < 4.78 is 1.46. The number of nitrogen functional groups attached to an aromatic ring is 1. The van der Waals surface area contributed by atoms with Gasteiger partial charge >= 0.3 is 0 Å². The van der Waals surface area contributed by atoms with Crippen LogP contribution in [0.15, 0.2) is 29.1 Å². The van der Waals surface area contributed by atoms with Crippen molar-refractivity contribution in [2.75, 3.05) is 5.73 Å². The van der Waals surface area contributed by atoms with E-state index in [2.05, 4.69) is 10.1 Å². The first-order valence-electron chi connectivity index (χ1n) is 6.41. The first-order chi connectivity index (χ1) is 10.0. The van der Waals surface area contributed by atoms with E-state index in [1.54, 1.807) is 6.92 Å². The van der Waals surface area contributed by atoms with E-state index in [1.807, 2.05) is 31.2 Å². The Labute approximate surface area is 120 Å². The van der Waals surface area contributed by atoms with Gasteiger partial charge in [0.05, 0.1) is 16.9 Å². The van der Waals surface area contributed by atoms with Gasteiger partial charge in [-0.25, -0.2) is 4.68 Å². The Bertz CT molecular complexity index is 959. The van der Waals surface area contributed by atoms with E-state index in [0.717, 1.165) is 10.9 Å². The first kappa shape index (κ1) is 12.9. The van der Waals surface area contributed by atoms with Crippen LogP contribution in [0.1, 0.15) is 16.8 Å². The Hall–Kier alpha value is -3.07. The molecule has 3 N–H and O–H groups in total. The standard InChI is InChI=1S/C15H13N5O/c1-8-4-3-5-11-14(8)12(6-13(21)18-11)20-15(17)10(7-16)9(2)19-20/h3-6H,17H2,1-2H3,(H,18,21). The van der Waals surface area contributed by atoms with Crippen molar-refractivity contribution < 1.29 is 0 Å². The summed E-state index contributed by atoms with van der Waals surface area (Å²) in [5.74, 6) is 0.241. The van der Waals surface area contributed by atoms with Gasteiger partial charge in [-0.3, -0.25) is 4.79 Å². The number of hydrogen-bond donors (Lipinski definition) is 2. The van der Waals surface area contributed by atoms with Crippen molar-refractivity contribution in [2.45, 2.75) is 13.8 Å². The van der Waals surface area contributed by atoms with E-state index >= 15 is 0 Å². The minimum absolute atomic E-state index is 0.241. The molecule has 0 bridgehead atoms. The zero-order valence-corrected chi connectivity index (χ0v) is 11.6. The number of aromatic amines is 1. The van der Waals surface area contributed by atoms with Gasteiger partial charge in [0.1, 0.15) is 17.5 Å². The number of pyridine rings is 1. The number of nitrogens with two attached hydrogens (primary N) is 1. The largest absolute Gasteiger partial charge is 0.382 e. The molecule has 2 aromatic heterocycles. The second-order valence-electron chi connectivity index (χ2n) is 4.89. The number of fused-ring (bicyclic) bond motifs is 1. The molecule has 0 aliphatic carbocycles. The van der Waals surface area contributed by atoms with E-state index < -0.39 is 0 Å². The van der Waals surface area contributed by atoms with E-state index in [9.17, 15) is 4.79 Å². The minimum atomic E-state index is -0.242. The Morgan fingerprint density at radius 3 is 2.81 bits per heavy atom. The van der Waals surface area contributed by atoms with Gasteiger partial charge < -0.3 is 10.7 Å². The fourth-order valence-corrected chi connectivity index (χ4v) is 2.51. The second-order valence-corrected chi connectivity index (χ2v) is 4.89. The number of benzene rings is 1. The van der Waals surface area contributed by atoms with Crippen molar-refractivity contribution in [3.8, 4) is 11.8 Å². The lowest BCUT2D eigenvalue weighted by Gasteiger charge is -2.10. The normalized spacial score (nSPS) is 10.7. The summed E-state index contributed by atoms with van der Waals surface area (Å²) in [6, 6.07) is 9.12. The van der Waals surface area contributed by atoms with E-state index in [-0.39, 0.29) is 11.4 Å². The number of rotatable bonds is 1. The van der Waals surface area contributed by atoms with Crippen molar-refractivity contribution in [3.05, 3.63) is 51.4 Å². The van der Waals surface area contributed by atoms with Crippen molar-refractivity contribution in [1.29, 1.82) is 5.26 Å². The summed E-state index contributed by atoms with van der Waals surface area (Å²) in [7, 11) is 0. The highest BCUT2D eigenvalue weighted by Gasteiger charge is 2.16. The van der Waals surface area contributed by atoms with E-state index in [4.69, 9.17) is 11.0 Å². The van der Waals surface area contributed by atoms with Crippen LogP contribution < -0.4 is 11.3 Å². The highest BCUT2D eigenvalue weighted by atomic mass is 16.1. The predicted molar refractivity (Wildman–Crippen MR) is 80.3 cm³/mol. The third kappa shape index (κ3) is 1.87. The lowest BCUT2D eigenvalue weighted by molar-refractivity contribution is 0.875. The fourth-order valence-electron chi connectivity index (χ4n) is 2.51. The SMILES string of the molecule is Cc1nn(-c2cc(=O)[nH]c3cccc(C)c23)c(N)c1C#N. The topological polar surface area (TPSA) is 100 Å². The van der Waals surface area contributed by atoms with E-state index in [1.165, 1.54) is 10.7 Å².